The quantitative estimate of drug-likeness (QED) is 0.293. The molecule has 0 aliphatic rings. The summed E-state index contributed by atoms with van der Waals surface area (Å²) in [7, 11) is 0. The molecule has 0 aliphatic carbocycles. The van der Waals surface area contributed by atoms with E-state index in [9.17, 15) is 4.79 Å². The van der Waals surface area contributed by atoms with Crippen molar-refractivity contribution in [1.29, 1.82) is 0 Å². The van der Waals surface area contributed by atoms with E-state index in [0.717, 1.165) is 16.8 Å². The van der Waals surface area contributed by atoms with Gasteiger partial charge in [-0.05, 0) is 36.2 Å². The molecule has 3 aromatic carbocycles. The molecule has 2 N–H and O–H groups in total. The number of benzene rings is 3. The topological polar surface area (TPSA) is 111 Å². The van der Waals surface area contributed by atoms with E-state index in [0.29, 0.717) is 40.3 Å². The van der Waals surface area contributed by atoms with Gasteiger partial charge in [-0.25, -0.2) is 19.9 Å². The molecule has 6 aromatic rings. The minimum absolute atomic E-state index is 0.118. The number of para-hydroxylation sites is 1. The second kappa shape index (κ2) is 10.2. The molecule has 1 unspecified atom stereocenters. The Morgan fingerprint density at radius 2 is 1.74 bits per heavy atom. The molecule has 0 amide bonds. The Hall–Kier alpha value is -4.89. The lowest BCUT2D eigenvalue weighted by molar-refractivity contribution is 0.0577. The molecule has 0 radical (unpaired) electrons. The largest absolute Gasteiger partial charge is 0.353 e. The molecule has 9 heteroatoms. The van der Waals surface area contributed by atoms with Crippen molar-refractivity contribution in [2.24, 2.45) is 0 Å². The molecule has 0 bridgehead atoms. The monoisotopic (exact) mass is 503 g/mol. The number of imidazole rings is 1. The third-order valence-electron chi connectivity index (χ3n) is 6.37. The van der Waals surface area contributed by atoms with Crippen LogP contribution in [0.15, 0.2) is 96.3 Å². The standard InChI is InChI=1S/C29H25N7O2/c1-19-9-8-14-22-25(19)29(37)36(21-12-6-3-7-13-21)23(34-22)15-24(38-16-20-10-4-2-5-11-20)35-28-26-27(31-17-30-26)32-18-33-28/h2-14,17-18,24H,15-16H2,1H3,(H2,30,31,32,33,35). The fourth-order valence-electron chi connectivity index (χ4n) is 4.53. The summed E-state index contributed by atoms with van der Waals surface area (Å²) in [5, 5.41) is 3.97. The van der Waals surface area contributed by atoms with Crippen molar-refractivity contribution >= 4 is 27.9 Å². The fourth-order valence-corrected chi connectivity index (χ4v) is 4.53. The van der Waals surface area contributed by atoms with Gasteiger partial charge < -0.3 is 15.0 Å². The number of hydrogen-bond donors (Lipinski definition) is 2. The summed E-state index contributed by atoms with van der Waals surface area (Å²) in [5.74, 6) is 1.09. The highest BCUT2D eigenvalue weighted by Crippen LogP contribution is 2.21. The van der Waals surface area contributed by atoms with Gasteiger partial charge in [-0.2, -0.15) is 0 Å². The van der Waals surface area contributed by atoms with Gasteiger partial charge in [0.2, 0.25) is 0 Å². The average molecular weight is 504 g/mol. The molecule has 0 saturated carbocycles. The zero-order valence-electron chi connectivity index (χ0n) is 20.7. The highest BCUT2D eigenvalue weighted by Gasteiger charge is 2.21. The van der Waals surface area contributed by atoms with Crippen LogP contribution in [0.1, 0.15) is 17.0 Å². The maximum Gasteiger partial charge on any atom is 0.266 e. The van der Waals surface area contributed by atoms with Gasteiger partial charge in [0.15, 0.2) is 11.5 Å². The molecule has 6 rings (SSSR count). The lowest BCUT2D eigenvalue weighted by atomic mass is 10.1. The Morgan fingerprint density at radius 1 is 0.947 bits per heavy atom. The van der Waals surface area contributed by atoms with Crippen molar-refractivity contribution in [3.63, 3.8) is 0 Å². The van der Waals surface area contributed by atoms with Crippen LogP contribution in [0.2, 0.25) is 0 Å². The number of fused-ring (bicyclic) bond motifs is 2. The van der Waals surface area contributed by atoms with Crippen molar-refractivity contribution < 1.29 is 4.74 Å². The number of anilines is 1. The molecule has 3 heterocycles. The van der Waals surface area contributed by atoms with Gasteiger partial charge in [0.1, 0.15) is 23.9 Å². The van der Waals surface area contributed by atoms with E-state index in [1.54, 1.807) is 10.9 Å². The van der Waals surface area contributed by atoms with Crippen LogP contribution in [0.4, 0.5) is 5.82 Å². The van der Waals surface area contributed by atoms with Gasteiger partial charge in [-0.15, -0.1) is 0 Å². The average Bonchev–Trinajstić information content (AvgIpc) is 3.43. The Balaban J connectivity index is 1.44. The van der Waals surface area contributed by atoms with Crippen molar-refractivity contribution in [3.8, 4) is 5.69 Å². The molecular weight excluding hydrogens is 478 g/mol. The van der Waals surface area contributed by atoms with E-state index < -0.39 is 6.23 Å². The molecular formula is C29H25N7O2. The molecule has 188 valence electrons. The number of aromatic amines is 1. The summed E-state index contributed by atoms with van der Waals surface area (Å²) in [5.41, 5.74) is 4.39. The zero-order valence-corrected chi connectivity index (χ0v) is 20.7. The van der Waals surface area contributed by atoms with E-state index in [4.69, 9.17) is 9.72 Å². The lowest BCUT2D eigenvalue weighted by Crippen LogP contribution is -2.32. The van der Waals surface area contributed by atoms with Gasteiger partial charge in [0.05, 0.1) is 35.9 Å². The Bertz CT molecular complexity index is 1770. The van der Waals surface area contributed by atoms with E-state index in [-0.39, 0.29) is 12.0 Å². The van der Waals surface area contributed by atoms with E-state index in [1.165, 1.54) is 6.33 Å². The Kier molecular flexibility index (Phi) is 6.33. The highest BCUT2D eigenvalue weighted by molar-refractivity contribution is 5.82. The van der Waals surface area contributed by atoms with Crippen LogP contribution < -0.4 is 10.9 Å². The van der Waals surface area contributed by atoms with E-state index in [2.05, 4.69) is 25.3 Å². The maximum atomic E-state index is 13.9. The summed E-state index contributed by atoms with van der Waals surface area (Å²) >= 11 is 0. The van der Waals surface area contributed by atoms with Crippen molar-refractivity contribution in [1.82, 2.24) is 29.5 Å². The lowest BCUT2D eigenvalue weighted by Gasteiger charge is -2.22. The van der Waals surface area contributed by atoms with Crippen molar-refractivity contribution in [2.45, 2.75) is 26.2 Å². The van der Waals surface area contributed by atoms with Crippen LogP contribution >= 0.6 is 0 Å². The van der Waals surface area contributed by atoms with Crippen LogP contribution in [0.5, 0.6) is 0 Å². The third kappa shape index (κ3) is 4.62. The second-order valence-corrected chi connectivity index (χ2v) is 8.93. The molecule has 0 aliphatic heterocycles. The Labute approximate surface area is 218 Å². The first kappa shape index (κ1) is 23.5. The number of nitrogens with zero attached hydrogens (tertiary/aromatic N) is 5. The predicted molar refractivity (Wildman–Crippen MR) is 146 cm³/mol. The van der Waals surface area contributed by atoms with E-state index in [1.807, 2.05) is 85.8 Å². The second-order valence-electron chi connectivity index (χ2n) is 8.93. The first-order valence-corrected chi connectivity index (χ1v) is 12.3. The number of hydrogen-bond acceptors (Lipinski definition) is 7. The minimum atomic E-state index is -0.575. The number of ether oxygens (including phenoxy) is 1. The first-order chi connectivity index (χ1) is 18.7. The molecule has 0 spiro atoms. The number of H-pyrrole nitrogens is 1. The van der Waals surface area contributed by atoms with E-state index >= 15 is 0 Å². The van der Waals surface area contributed by atoms with Crippen LogP contribution in [0, 0.1) is 6.92 Å². The molecule has 0 saturated heterocycles. The maximum absolute atomic E-state index is 13.9. The Morgan fingerprint density at radius 3 is 2.55 bits per heavy atom. The van der Waals surface area contributed by atoms with Crippen molar-refractivity contribution in [2.75, 3.05) is 5.32 Å². The fraction of sp³-hybridized carbons (Fsp3) is 0.138. The van der Waals surface area contributed by atoms with Crippen LogP contribution in [0.3, 0.4) is 0 Å². The number of aryl methyl sites for hydroxylation is 1. The highest BCUT2D eigenvalue weighted by atomic mass is 16.5. The molecule has 3 aromatic heterocycles. The molecule has 38 heavy (non-hydrogen) atoms. The smallest absolute Gasteiger partial charge is 0.266 e. The van der Waals surface area contributed by atoms with Gasteiger partial charge in [-0.1, -0.05) is 60.7 Å². The third-order valence-corrected chi connectivity index (χ3v) is 6.37. The summed E-state index contributed by atoms with van der Waals surface area (Å²) in [6.45, 7) is 2.29. The van der Waals surface area contributed by atoms with Gasteiger partial charge in [0.25, 0.3) is 5.56 Å². The minimum Gasteiger partial charge on any atom is -0.353 e. The summed E-state index contributed by atoms with van der Waals surface area (Å²) in [6.07, 6.45) is 2.75. The van der Waals surface area contributed by atoms with Crippen LogP contribution in [-0.4, -0.2) is 35.7 Å². The van der Waals surface area contributed by atoms with Crippen molar-refractivity contribution in [3.05, 3.63) is 119 Å². The molecule has 0 fully saturated rings. The number of nitrogens with one attached hydrogen (secondary N) is 2. The summed E-state index contributed by atoms with van der Waals surface area (Å²) < 4.78 is 8.03. The SMILES string of the molecule is Cc1cccc2nc(CC(Nc3ncnc4[nH]cnc34)OCc3ccccc3)n(-c3ccccc3)c(=O)c12. The zero-order chi connectivity index (χ0) is 25.9. The van der Waals surface area contributed by atoms with Crippen LogP contribution in [-0.2, 0) is 17.8 Å². The number of aromatic nitrogens is 6. The molecule has 9 nitrogen and oxygen atoms in total. The van der Waals surface area contributed by atoms with Gasteiger partial charge in [-0.3, -0.25) is 9.36 Å². The number of rotatable bonds is 8. The first-order valence-electron chi connectivity index (χ1n) is 12.3. The van der Waals surface area contributed by atoms with Gasteiger partial charge in [0, 0.05) is 0 Å². The van der Waals surface area contributed by atoms with Gasteiger partial charge >= 0.3 is 0 Å². The predicted octanol–water partition coefficient (Wildman–Crippen LogP) is 4.56. The van der Waals surface area contributed by atoms with Crippen LogP contribution in [0.25, 0.3) is 27.8 Å². The summed E-state index contributed by atoms with van der Waals surface area (Å²) in [4.78, 5) is 34.8. The summed E-state index contributed by atoms with van der Waals surface area (Å²) in [6, 6.07) is 25.2. The normalized spacial score (nSPS) is 12.1. The molecule has 1 atom stereocenters.